The van der Waals surface area contributed by atoms with Gasteiger partial charge in [0, 0.05) is 37.2 Å². The highest BCUT2D eigenvalue weighted by molar-refractivity contribution is 5.96. The van der Waals surface area contributed by atoms with E-state index in [1.165, 1.54) is 4.90 Å². The Bertz CT molecular complexity index is 849. The number of nitrogens with two attached hydrogens (primary N) is 1. The van der Waals surface area contributed by atoms with Crippen molar-refractivity contribution in [2.24, 2.45) is 0 Å². The Morgan fingerprint density at radius 3 is 2.38 bits per heavy atom. The zero-order valence-electron chi connectivity index (χ0n) is 14.0. The normalized spacial score (nSPS) is 16.0. The summed E-state index contributed by atoms with van der Waals surface area (Å²) in [5.74, 6) is -2.98. The molecule has 2 aromatic rings. The van der Waals surface area contributed by atoms with Crippen molar-refractivity contribution in [3.05, 3.63) is 53.6 Å². The van der Waals surface area contributed by atoms with E-state index < -0.39 is 5.92 Å². The van der Waals surface area contributed by atoms with Crippen LogP contribution in [-0.2, 0) is 0 Å². The number of amides is 1. The highest BCUT2D eigenvalue weighted by Gasteiger charge is 2.35. The van der Waals surface area contributed by atoms with Crippen LogP contribution in [-0.4, -0.2) is 29.8 Å². The number of alkyl halides is 2. The number of nitrogens with one attached hydrogen (secondary N) is 1. The van der Waals surface area contributed by atoms with Crippen molar-refractivity contribution in [3.8, 4) is 6.07 Å². The molecule has 2 aromatic carbocycles. The minimum atomic E-state index is -2.69. The fourth-order valence-corrected chi connectivity index (χ4v) is 2.81. The molecule has 0 bridgehead atoms. The summed E-state index contributed by atoms with van der Waals surface area (Å²) in [6.45, 7) is 0.0773. The van der Waals surface area contributed by atoms with E-state index in [0.717, 1.165) is 5.69 Å². The standard InChI is InChI=1S/C19H18F2N4O/c20-19(21)7-9-25(10-8-19)18(26)14-3-6-17(16(23)11-14)24-15-4-1-13(12-22)2-5-15/h1-6,11,24H,7-10,23H2. The van der Waals surface area contributed by atoms with Crippen molar-refractivity contribution < 1.29 is 13.6 Å². The van der Waals surface area contributed by atoms with Crippen molar-refractivity contribution in [1.82, 2.24) is 4.90 Å². The Kier molecular flexibility index (Phi) is 4.76. The van der Waals surface area contributed by atoms with Crippen LogP contribution in [0.25, 0.3) is 0 Å². The van der Waals surface area contributed by atoms with E-state index in [1.54, 1.807) is 42.5 Å². The van der Waals surface area contributed by atoms with Gasteiger partial charge in [0.1, 0.15) is 0 Å². The Hall–Kier alpha value is -3.14. The third-order valence-corrected chi connectivity index (χ3v) is 4.37. The largest absolute Gasteiger partial charge is 0.397 e. The summed E-state index contributed by atoms with van der Waals surface area (Å²) in [7, 11) is 0. The number of likely N-dealkylation sites (tertiary alicyclic amines) is 1. The first kappa shape index (κ1) is 17.7. The number of piperidine rings is 1. The van der Waals surface area contributed by atoms with Crippen LogP contribution < -0.4 is 11.1 Å². The van der Waals surface area contributed by atoms with E-state index >= 15 is 0 Å². The highest BCUT2D eigenvalue weighted by Crippen LogP contribution is 2.29. The quantitative estimate of drug-likeness (QED) is 0.821. The molecule has 1 amide bonds. The third-order valence-electron chi connectivity index (χ3n) is 4.37. The van der Waals surface area contributed by atoms with Crippen LogP contribution in [0, 0.1) is 11.3 Å². The summed E-state index contributed by atoms with van der Waals surface area (Å²) in [5.41, 5.74) is 8.71. The molecular formula is C19H18F2N4O. The molecule has 7 heteroatoms. The number of nitrogen functional groups attached to an aromatic ring is 1. The van der Waals surface area contributed by atoms with E-state index in [1.807, 2.05) is 6.07 Å². The van der Waals surface area contributed by atoms with Gasteiger partial charge in [-0.15, -0.1) is 0 Å². The fourth-order valence-electron chi connectivity index (χ4n) is 2.81. The molecule has 1 heterocycles. The molecule has 0 saturated carbocycles. The van der Waals surface area contributed by atoms with Crippen molar-refractivity contribution in [1.29, 1.82) is 5.26 Å². The SMILES string of the molecule is N#Cc1ccc(Nc2ccc(C(=O)N3CCC(F)(F)CC3)cc2N)cc1. The second kappa shape index (κ2) is 7.00. The van der Waals surface area contributed by atoms with Crippen LogP contribution in [0.15, 0.2) is 42.5 Å². The van der Waals surface area contributed by atoms with Gasteiger partial charge in [0.2, 0.25) is 0 Å². The Morgan fingerprint density at radius 2 is 1.81 bits per heavy atom. The molecule has 1 aliphatic heterocycles. The first-order valence-electron chi connectivity index (χ1n) is 8.22. The molecule has 0 aliphatic carbocycles. The van der Waals surface area contributed by atoms with Gasteiger partial charge in [-0.1, -0.05) is 0 Å². The summed E-state index contributed by atoms with van der Waals surface area (Å²) >= 11 is 0. The number of hydrogen-bond acceptors (Lipinski definition) is 4. The van der Waals surface area contributed by atoms with E-state index in [2.05, 4.69) is 5.32 Å². The molecule has 3 N–H and O–H groups in total. The van der Waals surface area contributed by atoms with Crippen molar-refractivity contribution in [2.75, 3.05) is 24.1 Å². The average Bonchev–Trinajstić information content (AvgIpc) is 2.63. The van der Waals surface area contributed by atoms with Crippen molar-refractivity contribution in [2.45, 2.75) is 18.8 Å². The Morgan fingerprint density at radius 1 is 1.15 bits per heavy atom. The maximum Gasteiger partial charge on any atom is 0.253 e. The van der Waals surface area contributed by atoms with Gasteiger partial charge in [0.05, 0.1) is 23.0 Å². The molecule has 0 atom stereocenters. The molecule has 0 unspecified atom stereocenters. The van der Waals surface area contributed by atoms with E-state index in [4.69, 9.17) is 11.0 Å². The molecule has 1 saturated heterocycles. The number of nitriles is 1. The van der Waals surface area contributed by atoms with E-state index in [9.17, 15) is 13.6 Å². The number of rotatable bonds is 3. The monoisotopic (exact) mass is 356 g/mol. The molecule has 0 spiro atoms. The number of nitrogens with zero attached hydrogens (tertiary/aromatic N) is 2. The lowest BCUT2D eigenvalue weighted by molar-refractivity contribution is -0.0494. The third kappa shape index (κ3) is 3.91. The van der Waals surface area contributed by atoms with Gasteiger partial charge in [0.15, 0.2) is 0 Å². The van der Waals surface area contributed by atoms with Gasteiger partial charge < -0.3 is 16.0 Å². The fraction of sp³-hybridized carbons (Fsp3) is 0.263. The minimum Gasteiger partial charge on any atom is -0.397 e. The summed E-state index contributed by atoms with van der Waals surface area (Å²) in [4.78, 5) is 13.9. The molecule has 3 rings (SSSR count). The lowest BCUT2D eigenvalue weighted by Gasteiger charge is -2.31. The van der Waals surface area contributed by atoms with Crippen LogP contribution in [0.2, 0.25) is 0 Å². The zero-order valence-corrected chi connectivity index (χ0v) is 14.0. The van der Waals surface area contributed by atoms with Crippen LogP contribution in [0.4, 0.5) is 25.8 Å². The second-order valence-electron chi connectivity index (χ2n) is 6.26. The predicted octanol–water partition coefficient (Wildman–Crippen LogP) is 3.76. The van der Waals surface area contributed by atoms with Crippen LogP contribution in [0.3, 0.4) is 0 Å². The van der Waals surface area contributed by atoms with Crippen LogP contribution in [0.5, 0.6) is 0 Å². The Labute approximate surface area is 150 Å². The van der Waals surface area contributed by atoms with Crippen LogP contribution in [0.1, 0.15) is 28.8 Å². The van der Waals surface area contributed by atoms with E-state index in [-0.39, 0.29) is 31.8 Å². The number of benzene rings is 2. The maximum absolute atomic E-state index is 13.2. The highest BCUT2D eigenvalue weighted by atomic mass is 19.3. The van der Waals surface area contributed by atoms with Crippen molar-refractivity contribution in [3.63, 3.8) is 0 Å². The topological polar surface area (TPSA) is 82.2 Å². The Balaban J connectivity index is 1.70. The van der Waals surface area contributed by atoms with Crippen molar-refractivity contribution >= 4 is 23.0 Å². The van der Waals surface area contributed by atoms with Crippen LogP contribution >= 0.6 is 0 Å². The smallest absolute Gasteiger partial charge is 0.253 e. The molecule has 0 radical (unpaired) electrons. The molecule has 5 nitrogen and oxygen atoms in total. The molecule has 1 fully saturated rings. The molecular weight excluding hydrogens is 338 g/mol. The molecule has 26 heavy (non-hydrogen) atoms. The number of halogens is 2. The van der Waals surface area contributed by atoms with Gasteiger partial charge in [-0.05, 0) is 42.5 Å². The minimum absolute atomic E-state index is 0.0387. The average molecular weight is 356 g/mol. The van der Waals surface area contributed by atoms with Gasteiger partial charge in [0.25, 0.3) is 11.8 Å². The van der Waals surface area contributed by atoms with Gasteiger partial charge in [-0.2, -0.15) is 5.26 Å². The zero-order chi connectivity index (χ0) is 18.7. The number of carbonyl (C=O) groups is 1. The lowest BCUT2D eigenvalue weighted by Crippen LogP contribution is -2.42. The first-order valence-corrected chi connectivity index (χ1v) is 8.22. The van der Waals surface area contributed by atoms with Gasteiger partial charge in [-0.3, -0.25) is 4.79 Å². The van der Waals surface area contributed by atoms with Gasteiger partial charge >= 0.3 is 0 Å². The summed E-state index contributed by atoms with van der Waals surface area (Å²) in [6, 6.07) is 13.8. The molecule has 134 valence electrons. The molecule has 1 aliphatic rings. The first-order chi connectivity index (χ1) is 12.4. The number of hydrogen-bond donors (Lipinski definition) is 2. The maximum atomic E-state index is 13.2. The second-order valence-corrected chi connectivity index (χ2v) is 6.26. The summed E-state index contributed by atoms with van der Waals surface area (Å²) in [6.07, 6.45) is -0.626. The van der Waals surface area contributed by atoms with E-state index in [0.29, 0.717) is 22.5 Å². The number of anilines is 3. The predicted molar refractivity (Wildman–Crippen MR) is 95.4 cm³/mol. The summed E-state index contributed by atoms with van der Waals surface area (Å²) in [5, 5.41) is 11.9. The van der Waals surface area contributed by atoms with Gasteiger partial charge in [-0.25, -0.2) is 8.78 Å². The molecule has 0 aromatic heterocycles. The lowest BCUT2D eigenvalue weighted by atomic mass is 10.0. The number of carbonyl (C=O) groups excluding carboxylic acids is 1. The summed E-state index contributed by atoms with van der Waals surface area (Å²) < 4.78 is 26.5.